The van der Waals surface area contributed by atoms with E-state index in [-0.39, 0.29) is 11.6 Å². The van der Waals surface area contributed by atoms with Crippen LogP contribution in [0, 0.1) is 5.82 Å². The van der Waals surface area contributed by atoms with Crippen LogP contribution in [0.1, 0.15) is 30.1 Å². The predicted octanol–water partition coefficient (Wildman–Crippen LogP) is 3.65. The molecule has 0 spiro atoms. The number of hydrogen-bond acceptors (Lipinski definition) is 3. The summed E-state index contributed by atoms with van der Waals surface area (Å²) in [5, 5.41) is 0. The van der Waals surface area contributed by atoms with Crippen molar-refractivity contribution in [3.63, 3.8) is 0 Å². The molecule has 104 valence electrons. The lowest BCUT2D eigenvalue weighted by atomic mass is 10.0. The zero-order valence-corrected chi connectivity index (χ0v) is 11.3. The van der Waals surface area contributed by atoms with Gasteiger partial charge in [0.1, 0.15) is 11.6 Å². The number of rotatable bonds is 6. The van der Waals surface area contributed by atoms with Crippen molar-refractivity contribution in [2.24, 2.45) is 0 Å². The van der Waals surface area contributed by atoms with Crippen LogP contribution < -0.4 is 4.74 Å². The Labute approximate surface area is 117 Å². The molecule has 4 heteroatoms. The second kappa shape index (κ2) is 6.80. The van der Waals surface area contributed by atoms with Crippen LogP contribution in [0.25, 0.3) is 0 Å². The molecule has 0 N–H and O–H groups in total. The van der Waals surface area contributed by atoms with Crippen molar-refractivity contribution in [1.29, 1.82) is 0 Å². The van der Waals surface area contributed by atoms with E-state index in [0.29, 0.717) is 17.7 Å². The Hall–Kier alpha value is -2.23. The van der Waals surface area contributed by atoms with E-state index in [4.69, 9.17) is 4.74 Å². The maximum absolute atomic E-state index is 12.9. The maximum Gasteiger partial charge on any atom is 0.204 e. The molecule has 0 aliphatic carbocycles. The SMILES string of the molecule is CCCC(Oc1ccc(F)cc1)C(=O)c1cccnc1. The summed E-state index contributed by atoms with van der Waals surface area (Å²) in [4.78, 5) is 16.3. The van der Waals surface area contributed by atoms with Gasteiger partial charge >= 0.3 is 0 Å². The van der Waals surface area contributed by atoms with E-state index < -0.39 is 6.10 Å². The molecule has 0 fully saturated rings. The van der Waals surface area contributed by atoms with E-state index in [2.05, 4.69) is 4.98 Å². The van der Waals surface area contributed by atoms with Gasteiger partial charge in [-0.15, -0.1) is 0 Å². The van der Waals surface area contributed by atoms with E-state index in [1.807, 2.05) is 6.92 Å². The van der Waals surface area contributed by atoms with Crippen LogP contribution in [0.3, 0.4) is 0 Å². The number of benzene rings is 1. The quantitative estimate of drug-likeness (QED) is 0.754. The van der Waals surface area contributed by atoms with Crippen molar-refractivity contribution < 1.29 is 13.9 Å². The number of ether oxygens (including phenoxy) is 1. The third kappa shape index (κ3) is 3.63. The van der Waals surface area contributed by atoms with Gasteiger partial charge in [0.15, 0.2) is 6.10 Å². The van der Waals surface area contributed by atoms with E-state index in [1.165, 1.54) is 30.5 Å². The molecule has 2 aromatic rings. The number of nitrogens with zero attached hydrogens (tertiary/aromatic N) is 1. The van der Waals surface area contributed by atoms with Gasteiger partial charge in [0.2, 0.25) is 5.78 Å². The number of carbonyl (C=O) groups excluding carboxylic acids is 1. The minimum absolute atomic E-state index is 0.107. The van der Waals surface area contributed by atoms with Crippen LogP contribution in [-0.4, -0.2) is 16.9 Å². The van der Waals surface area contributed by atoms with Gasteiger partial charge in [0.25, 0.3) is 0 Å². The summed E-state index contributed by atoms with van der Waals surface area (Å²) in [6, 6.07) is 9.10. The molecule has 20 heavy (non-hydrogen) atoms. The van der Waals surface area contributed by atoms with Gasteiger partial charge in [-0.05, 0) is 42.8 Å². The third-order valence-corrected chi connectivity index (χ3v) is 2.88. The Balaban J connectivity index is 2.14. The Morgan fingerprint density at radius 3 is 2.65 bits per heavy atom. The zero-order valence-electron chi connectivity index (χ0n) is 11.3. The summed E-state index contributed by atoms with van der Waals surface area (Å²) in [5.74, 6) is 0.0503. The maximum atomic E-state index is 12.9. The van der Waals surface area contributed by atoms with Crippen molar-refractivity contribution in [2.75, 3.05) is 0 Å². The monoisotopic (exact) mass is 273 g/mol. The highest BCUT2D eigenvalue weighted by molar-refractivity contribution is 5.99. The van der Waals surface area contributed by atoms with Gasteiger partial charge in [-0.25, -0.2) is 4.39 Å². The summed E-state index contributed by atoms with van der Waals surface area (Å²) in [7, 11) is 0. The van der Waals surface area contributed by atoms with Gasteiger partial charge in [0, 0.05) is 18.0 Å². The lowest BCUT2D eigenvalue weighted by Gasteiger charge is -2.17. The molecule has 1 atom stereocenters. The van der Waals surface area contributed by atoms with Crippen LogP contribution in [0.2, 0.25) is 0 Å². The highest BCUT2D eigenvalue weighted by Crippen LogP contribution is 2.17. The first-order valence-electron chi connectivity index (χ1n) is 6.57. The molecule has 1 heterocycles. The van der Waals surface area contributed by atoms with Gasteiger partial charge in [-0.3, -0.25) is 9.78 Å². The van der Waals surface area contributed by atoms with Crippen molar-refractivity contribution in [2.45, 2.75) is 25.9 Å². The number of hydrogen-bond donors (Lipinski definition) is 0. The lowest BCUT2D eigenvalue weighted by molar-refractivity contribution is 0.0777. The first-order valence-corrected chi connectivity index (χ1v) is 6.57. The molecule has 1 aromatic carbocycles. The summed E-state index contributed by atoms with van der Waals surface area (Å²) in [6.07, 6.45) is 3.99. The van der Waals surface area contributed by atoms with E-state index in [9.17, 15) is 9.18 Å². The molecular formula is C16H16FNO2. The second-order valence-electron chi connectivity index (χ2n) is 4.46. The fourth-order valence-electron chi connectivity index (χ4n) is 1.88. The molecule has 3 nitrogen and oxygen atoms in total. The van der Waals surface area contributed by atoms with Crippen molar-refractivity contribution in [3.8, 4) is 5.75 Å². The molecule has 2 rings (SSSR count). The van der Waals surface area contributed by atoms with Gasteiger partial charge < -0.3 is 4.74 Å². The Bertz CT molecular complexity index is 554. The summed E-state index contributed by atoms with van der Waals surface area (Å²) >= 11 is 0. The van der Waals surface area contributed by atoms with Crippen LogP contribution in [0.15, 0.2) is 48.8 Å². The average Bonchev–Trinajstić information content (AvgIpc) is 2.49. The summed E-state index contributed by atoms with van der Waals surface area (Å²) in [6.45, 7) is 1.98. The van der Waals surface area contributed by atoms with Crippen LogP contribution in [0.4, 0.5) is 4.39 Å². The Kier molecular flexibility index (Phi) is 4.82. The fourth-order valence-corrected chi connectivity index (χ4v) is 1.88. The summed E-state index contributed by atoms with van der Waals surface area (Å²) < 4.78 is 18.5. The molecule has 0 amide bonds. The minimum Gasteiger partial charge on any atom is -0.482 e. The Morgan fingerprint density at radius 2 is 2.05 bits per heavy atom. The lowest BCUT2D eigenvalue weighted by Crippen LogP contribution is -2.27. The molecule has 0 radical (unpaired) electrons. The molecule has 0 saturated carbocycles. The number of carbonyl (C=O) groups is 1. The minimum atomic E-state index is -0.574. The smallest absolute Gasteiger partial charge is 0.204 e. The first kappa shape index (κ1) is 14.2. The topological polar surface area (TPSA) is 39.2 Å². The van der Waals surface area contributed by atoms with Crippen molar-refractivity contribution in [3.05, 3.63) is 60.2 Å². The van der Waals surface area contributed by atoms with Crippen LogP contribution >= 0.6 is 0 Å². The van der Waals surface area contributed by atoms with E-state index in [0.717, 1.165) is 6.42 Å². The summed E-state index contributed by atoms with van der Waals surface area (Å²) in [5.41, 5.74) is 0.521. The number of pyridine rings is 1. The van der Waals surface area contributed by atoms with Crippen LogP contribution in [0.5, 0.6) is 5.75 Å². The molecule has 0 saturated heterocycles. The standard InChI is InChI=1S/C16H16FNO2/c1-2-4-15(16(19)12-5-3-10-18-11-12)20-14-8-6-13(17)7-9-14/h3,5-11,15H,2,4H2,1H3. The molecule has 0 aliphatic rings. The third-order valence-electron chi connectivity index (χ3n) is 2.88. The molecule has 1 unspecified atom stereocenters. The van der Waals surface area contributed by atoms with Crippen molar-refractivity contribution >= 4 is 5.78 Å². The van der Waals surface area contributed by atoms with Crippen LogP contribution in [-0.2, 0) is 0 Å². The van der Waals surface area contributed by atoms with Gasteiger partial charge in [-0.2, -0.15) is 0 Å². The number of ketones is 1. The van der Waals surface area contributed by atoms with E-state index >= 15 is 0 Å². The first-order chi connectivity index (χ1) is 9.70. The number of Topliss-reactive ketones (excluding diaryl/α,β-unsaturated/α-hetero) is 1. The van der Waals surface area contributed by atoms with Gasteiger partial charge in [0.05, 0.1) is 0 Å². The second-order valence-corrected chi connectivity index (χ2v) is 4.46. The molecule has 1 aromatic heterocycles. The van der Waals surface area contributed by atoms with E-state index in [1.54, 1.807) is 18.3 Å². The molecular weight excluding hydrogens is 257 g/mol. The number of halogens is 1. The Morgan fingerprint density at radius 1 is 1.30 bits per heavy atom. The number of aromatic nitrogens is 1. The molecule has 0 bridgehead atoms. The average molecular weight is 273 g/mol. The van der Waals surface area contributed by atoms with Gasteiger partial charge in [-0.1, -0.05) is 13.3 Å². The highest BCUT2D eigenvalue weighted by atomic mass is 19.1. The zero-order chi connectivity index (χ0) is 14.4. The largest absolute Gasteiger partial charge is 0.482 e. The molecule has 0 aliphatic heterocycles. The predicted molar refractivity (Wildman–Crippen MR) is 74.3 cm³/mol. The highest BCUT2D eigenvalue weighted by Gasteiger charge is 2.21. The fraction of sp³-hybridized carbons (Fsp3) is 0.250. The normalized spacial score (nSPS) is 11.9. The van der Waals surface area contributed by atoms with Crippen molar-refractivity contribution in [1.82, 2.24) is 4.98 Å².